The summed E-state index contributed by atoms with van der Waals surface area (Å²) in [6, 6.07) is 6.51. The molecule has 2 aromatic heterocycles. The van der Waals surface area contributed by atoms with E-state index in [1.165, 1.54) is 24.3 Å². The van der Waals surface area contributed by atoms with Crippen LogP contribution in [-0.2, 0) is 0 Å². The molecule has 0 aliphatic carbocycles. The maximum Gasteiger partial charge on any atom is 0.426 e. The van der Waals surface area contributed by atoms with Crippen LogP contribution in [0.4, 0.5) is 19.2 Å². The normalized spacial score (nSPS) is 21.3. The van der Waals surface area contributed by atoms with Crippen molar-refractivity contribution in [3.8, 4) is 17.0 Å². The van der Waals surface area contributed by atoms with Gasteiger partial charge in [-0.25, -0.2) is 4.39 Å². The number of anilines is 1. The second-order valence-corrected chi connectivity index (χ2v) is 8.53. The summed E-state index contributed by atoms with van der Waals surface area (Å²) < 4.78 is 53.1. The number of pyridine rings is 1. The van der Waals surface area contributed by atoms with Crippen LogP contribution in [0.15, 0.2) is 34.9 Å². The van der Waals surface area contributed by atoms with E-state index >= 15 is 0 Å². The molecule has 164 valence electrons. The third-order valence-corrected chi connectivity index (χ3v) is 5.64. The molecule has 3 saturated heterocycles. The maximum atomic E-state index is 14.4. The zero-order chi connectivity index (χ0) is 22.0. The van der Waals surface area contributed by atoms with Crippen molar-refractivity contribution < 1.29 is 27.4 Å². The van der Waals surface area contributed by atoms with Gasteiger partial charge in [0, 0.05) is 30.7 Å². The number of oxazole rings is 1. The zero-order valence-corrected chi connectivity index (χ0v) is 16.9. The van der Waals surface area contributed by atoms with Gasteiger partial charge in [-0.1, -0.05) is 0 Å². The van der Waals surface area contributed by atoms with E-state index in [4.69, 9.17) is 9.15 Å². The Morgan fingerprint density at radius 3 is 2.52 bits per heavy atom. The number of ether oxygens (including phenoxy) is 1. The minimum atomic E-state index is -3.87. The molecule has 2 unspecified atom stereocenters. The average molecular weight is 434 g/mol. The Labute approximate surface area is 175 Å². The van der Waals surface area contributed by atoms with Crippen molar-refractivity contribution in [2.75, 3.05) is 18.0 Å². The lowest BCUT2D eigenvalue weighted by molar-refractivity contribution is -0.275. The fourth-order valence-electron chi connectivity index (χ4n) is 3.86. The molecule has 6 rings (SSSR count). The first-order valence-electron chi connectivity index (χ1n) is 9.96. The lowest BCUT2D eigenvalue weighted by Crippen LogP contribution is -2.67. The number of piperidine rings is 1. The molecule has 0 amide bonds. The van der Waals surface area contributed by atoms with Gasteiger partial charge < -0.3 is 24.5 Å². The van der Waals surface area contributed by atoms with Crippen molar-refractivity contribution in [1.29, 1.82) is 0 Å². The molecule has 2 atom stereocenters. The van der Waals surface area contributed by atoms with Crippen LogP contribution in [0.3, 0.4) is 0 Å². The molecular formula is C21H21F3N4O3. The van der Waals surface area contributed by atoms with Crippen molar-refractivity contribution in [3.05, 3.63) is 36.3 Å². The minimum Gasteiger partial charge on any atom is -0.428 e. The zero-order valence-electron chi connectivity index (χ0n) is 16.9. The first-order valence-corrected chi connectivity index (χ1v) is 9.96. The van der Waals surface area contributed by atoms with Crippen LogP contribution in [0.1, 0.15) is 20.3 Å². The summed E-state index contributed by atoms with van der Waals surface area (Å²) in [5.41, 5.74) is -1.27. The molecule has 3 aromatic rings. The summed E-state index contributed by atoms with van der Waals surface area (Å²) in [7, 11) is 0. The lowest BCUT2D eigenvalue weighted by atomic mass is 9.92. The molecule has 3 fully saturated rings. The van der Waals surface area contributed by atoms with E-state index in [1.54, 1.807) is 0 Å². The van der Waals surface area contributed by atoms with Crippen LogP contribution in [-0.4, -0.2) is 52.0 Å². The fourth-order valence-corrected chi connectivity index (χ4v) is 3.86. The average Bonchev–Trinajstić information content (AvgIpc) is 3.14. The van der Waals surface area contributed by atoms with Crippen molar-refractivity contribution in [1.82, 2.24) is 15.3 Å². The van der Waals surface area contributed by atoms with E-state index in [-0.39, 0.29) is 22.9 Å². The Bertz CT molecular complexity index is 1110. The predicted molar refractivity (Wildman–Crippen MR) is 107 cm³/mol. The molecule has 0 spiro atoms. The highest BCUT2D eigenvalue weighted by Crippen LogP contribution is 2.40. The van der Waals surface area contributed by atoms with Crippen molar-refractivity contribution >= 4 is 17.1 Å². The first kappa shape index (κ1) is 20.1. The SMILES string of the molecule is CC(C)(O)C(F)(F)Oc1ccc(-c2ccc(F)cn2)c2oc(N3CC4CC(C3)N4)nc12. The van der Waals surface area contributed by atoms with Gasteiger partial charge in [-0.3, -0.25) is 4.98 Å². The number of nitrogens with one attached hydrogen (secondary N) is 1. The molecule has 3 aliphatic heterocycles. The van der Waals surface area contributed by atoms with Crippen LogP contribution < -0.4 is 15.0 Å². The van der Waals surface area contributed by atoms with Gasteiger partial charge in [0.25, 0.3) is 6.01 Å². The Hall–Kier alpha value is -2.85. The number of hydrogen-bond donors (Lipinski definition) is 2. The molecule has 0 saturated carbocycles. The van der Waals surface area contributed by atoms with Gasteiger partial charge in [0.15, 0.2) is 22.5 Å². The molecule has 5 heterocycles. The number of piperazine rings is 1. The van der Waals surface area contributed by atoms with Crippen LogP contribution in [0, 0.1) is 5.82 Å². The highest BCUT2D eigenvalue weighted by molar-refractivity contribution is 5.94. The maximum absolute atomic E-state index is 14.4. The minimum absolute atomic E-state index is 0.0785. The van der Waals surface area contributed by atoms with E-state index in [2.05, 4.69) is 15.3 Å². The number of aromatic nitrogens is 2. The quantitative estimate of drug-likeness (QED) is 0.637. The highest BCUT2D eigenvalue weighted by atomic mass is 19.3. The number of aliphatic hydroxyl groups is 1. The van der Waals surface area contributed by atoms with E-state index < -0.39 is 17.5 Å². The van der Waals surface area contributed by atoms with Crippen molar-refractivity contribution in [2.45, 2.75) is 44.1 Å². The van der Waals surface area contributed by atoms with Crippen LogP contribution >= 0.6 is 0 Å². The second-order valence-electron chi connectivity index (χ2n) is 8.53. The largest absolute Gasteiger partial charge is 0.428 e. The second kappa shape index (κ2) is 6.83. The van der Waals surface area contributed by atoms with Crippen LogP contribution in [0.5, 0.6) is 5.75 Å². The molecule has 3 aliphatic rings. The van der Waals surface area contributed by atoms with E-state index in [9.17, 15) is 18.3 Å². The summed E-state index contributed by atoms with van der Waals surface area (Å²) in [5.74, 6) is -0.730. The third-order valence-electron chi connectivity index (χ3n) is 5.64. The Morgan fingerprint density at radius 1 is 1.19 bits per heavy atom. The summed E-state index contributed by atoms with van der Waals surface area (Å²) >= 11 is 0. The summed E-state index contributed by atoms with van der Waals surface area (Å²) in [4.78, 5) is 10.5. The number of alkyl halides is 2. The van der Waals surface area contributed by atoms with Gasteiger partial charge in [-0.2, -0.15) is 13.8 Å². The standard InChI is InChI=1S/C21H21F3N4O3/c1-20(2,29)21(23,24)31-16-6-4-14(15-5-3-11(22)8-25-15)18-17(16)27-19(30-18)28-9-12-7-13(10-28)26-12/h3-6,8,12-13,26,29H,7,9-10H2,1-2H3. The molecule has 10 heteroatoms. The van der Waals surface area contributed by atoms with Gasteiger partial charge in [0.1, 0.15) is 5.82 Å². The summed E-state index contributed by atoms with van der Waals surface area (Å²) in [5, 5.41) is 13.2. The van der Waals surface area contributed by atoms with Gasteiger partial charge in [0.05, 0.1) is 11.9 Å². The lowest BCUT2D eigenvalue weighted by Gasteiger charge is -2.47. The van der Waals surface area contributed by atoms with Gasteiger partial charge in [0.2, 0.25) is 0 Å². The number of benzene rings is 1. The molecule has 1 aromatic carbocycles. The van der Waals surface area contributed by atoms with Gasteiger partial charge in [-0.05, 0) is 44.5 Å². The monoisotopic (exact) mass is 434 g/mol. The number of hydrogen-bond acceptors (Lipinski definition) is 7. The van der Waals surface area contributed by atoms with Crippen molar-refractivity contribution in [3.63, 3.8) is 0 Å². The molecule has 0 radical (unpaired) electrons. The van der Waals surface area contributed by atoms with Crippen LogP contribution in [0.2, 0.25) is 0 Å². The van der Waals surface area contributed by atoms with Gasteiger partial charge >= 0.3 is 6.11 Å². The number of nitrogens with zero attached hydrogens (tertiary/aromatic N) is 3. The topological polar surface area (TPSA) is 83.7 Å². The molecule has 2 bridgehead atoms. The highest BCUT2D eigenvalue weighted by Gasteiger charge is 2.49. The number of rotatable bonds is 5. The third kappa shape index (κ3) is 3.49. The van der Waals surface area contributed by atoms with Gasteiger partial charge in [-0.15, -0.1) is 0 Å². The number of halogens is 3. The predicted octanol–water partition coefficient (Wildman–Crippen LogP) is 3.32. The fraction of sp³-hybridized carbons (Fsp3) is 0.429. The Morgan fingerprint density at radius 2 is 1.90 bits per heavy atom. The number of fused-ring (bicyclic) bond motifs is 3. The molecule has 2 N–H and O–H groups in total. The van der Waals surface area contributed by atoms with Crippen LogP contribution in [0.25, 0.3) is 22.4 Å². The summed E-state index contributed by atoms with van der Waals surface area (Å²) in [6.45, 7) is 3.29. The van der Waals surface area contributed by atoms with E-state index in [0.717, 1.165) is 26.5 Å². The summed E-state index contributed by atoms with van der Waals surface area (Å²) in [6.07, 6.45) is -1.73. The molecular weight excluding hydrogens is 413 g/mol. The van der Waals surface area contributed by atoms with Crippen molar-refractivity contribution in [2.24, 2.45) is 0 Å². The molecule has 31 heavy (non-hydrogen) atoms. The first-order chi connectivity index (χ1) is 14.6. The molecule has 7 nitrogen and oxygen atoms in total. The smallest absolute Gasteiger partial charge is 0.426 e. The Balaban J connectivity index is 1.61. The Kier molecular flexibility index (Phi) is 4.42. The van der Waals surface area contributed by atoms with E-state index in [0.29, 0.717) is 36.4 Å². The van der Waals surface area contributed by atoms with E-state index in [1.807, 2.05) is 4.90 Å².